The number of aliphatic hydroxyl groups is 2. The summed E-state index contributed by atoms with van der Waals surface area (Å²) >= 11 is 0. The van der Waals surface area contributed by atoms with Gasteiger partial charge in [-0.05, 0) is 34.8 Å². The average Bonchev–Trinajstić information content (AvgIpc) is 2.64. The highest BCUT2D eigenvalue weighted by Gasteiger charge is 2.41. The minimum Gasteiger partial charge on any atom is -0.373 e. The van der Waals surface area contributed by atoms with Crippen molar-refractivity contribution in [2.45, 2.75) is 52.7 Å². The van der Waals surface area contributed by atoms with E-state index in [1.807, 2.05) is 102 Å². The summed E-state index contributed by atoms with van der Waals surface area (Å²) in [7, 11) is 0. The molecule has 0 aromatic heterocycles. The average molecular weight is 375 g/mol. The van der Waals surface area contributed by atoms with Crippen molar-refractivity contribution in [2.24, 2.45) is 10.8 Å². The minimum absolute atomic E-state index is 0.511. The van der Waals surface area contributed by atoms with Crippen LogP contribution >= 0.6 is 0 Å². The van der Waals surface area contributed by atoms with Gasteiger partial charge in [0.2, 0.25) is 0 Å². The molecule has 2 aromatic carbocycles. The molecule has 0 amide bonds. The number of benzene rings is 2. The van der Waals surface area contributed by atoms with Crippen LogP contribution in [0.1, 0.15) is 52.7 Å². The summed E-state index contributed by atoms with van der Waals surface area (Å²) in [5.74, 6) is 11.5. The van der Waals surface area contributed by atoms with Crippen LogP contribution in [0.25, 0.3) is 0 Å². The van der Waals surface area contributed by atoms with Gasteiger partial charge in [0.05, 0.1) is 0 Å². The van der Waals surface area contributed by atoms with E-state index in [1.54, 1.807) is 0 Å². The zero-order valence-corrected chi connectivity index (χ0v) is 17.7. The molecule has 2 rings (SSSR count). The van der Waals surface area contributed by atoms with E-state index in [1.165, 1.54) is 0 Å². The van der Waals surface area contributed by atoms with Gasteiger partial charge < -0.3 is 10.2 Å². The fraction of sp³-hybridized carbons (Fsp3) is 0.385. The maximum Gasteiger partial charge on any atom is 0.156 e. The van der Waals surface area contributed by atoms with Gasteiger partial charge in [-0.15, -0.1) is 0 Å². The smallest absolute Gasteiger partial charge is 0.156 e. The molecule has 0 spiro atoms. The number of rotatable bonds is 2. The van der Waals surface area contributed by atoms with E-state index in [2.05, 4.69) is 23.7 Å². The summed E-state index contributed by atoms with van der Waals surface area (Å²) < 4.78 is 0. The molecule has 2 atom stereocenters. The van der Waals surface area contributed by atoms with E-state index < -0.39 is 22.0 Å². The molecule has 0 aliphatic heterocycles. The van der Waals surface area contributed by atoms with E-state index >= 15 is 0 Å². The summed E-state index contributed by atoms with van der Waals surface area (Å²) in [6.07, 6.45) is 0. The maximum absolute atomic E-state index is 11.3. The van der Waals surface area contributed by atoms with Crippen LogP contribution in [-0.2, 0) is 11.2 Å². The lowest BCUT2D eigenvalue weighted by molar-refractivity contribution is -0.00948. The molecule has 2 nitrogen and oxygen atoms in total. The second-order valence-corrected chi connectivity index (χ2v) is 9.15. The normalized spacial score (nSPS) is 15.9. The summed E-state index contributed by atoms with van der Waals surface area (Å²) in [4.78, 5) is 0. The van der Waals surface area contributed by atoms with E-state index in [-0.39, 0.29) is 0 Å². The Morgan fingerprint density at radius 2 is 0.821 bits per heavy atom. The first-order chi connectivity index (χ1) is 12.9. The Morgan fingerprint density at radius 3 is 1.07 bits per heavy atom. The fourth-order valence-corrected chi connectivity index (χ4v) is 2.99. The Labute approximate surface area is 169 Å². The quantitative estimate of drug-likeness (QED) is 0.737. The molecule has 0 bridgehead atoms. The summed E-state index contributed by atoms with van der Waals surface area (Å²) in [6, 6.07) is 18.8. The van der Waals surface area contributed by atoms with E-state index in [4.69, 9.17) is 0 Å². The Morgan fingerprint density at radius 1 is 0.536 bits per heavy atom. The Hall–Kier alpha value is -2.52. The molecule has 2 aromatic rings. The van der Waals surface area contributed by atoms with Gasteiger partial charge in [-0.25, -0.2) is 0 Å². The topological polar surface area (TPSA) is 40.5 Å². The van der Waals surface area contributed by atoms with Crippen LogP contribution in [0.3, 0.4) is 0 Å². The largest absolute Gasteiger partial charge is 0.373 e. The molecule has 2 heteroatoms. The molecular weight excluding hydrogens is 344 g/mol. The number of hydrogen-bond donors (Lipinski definition) is 2. The number of hydrogen-bond acceptors (Lipinski definition) is 2. The Bertz CT molecular complexity index is 830. The first-order valence-corrected chi connectivity index (χ1v) is 9.52. The van der Waals surface area contributed by atoms with E-state index in [0.717, 1.165) is 11.1 Å². The predicted molar refractivity (Wildman–Crippen MR) is 115 cm³/mol. The molecule has 0 saturated heterocycles. The monoisotopic (exact) mass is 374 g/mol. The third kappa shape index (κ3) is 4.31. The molecule has 2 N–H and O–H groups in total. The molecule has 0 aliphatic rings. The highest BCUT2D eigenvalue weighted by Crippen LogP contribution is 2.39. The second kappa shape index (κ2) is 7.84. The van der Waals surface area contributed by atoms with Crippen molar-refractivity contribution in [3.05, 3.63) is 71.8 Å². The van der Waals surface area contributed by atoms with Gasteiger partial charge in [0.15, 0.2) is 11.2 Å². The van der Waals surface area contributed by atoms with Crippen LogP contribution in [-0.4, -0.2) is 10.2 Å². The fourth-order valence-electron chi connectivity index (χ4n) is 2.99. The van der Waals surface area contributed by atoms with Gasteiger partial charge in [-0.1, -0.05) is 102 Å². The van der Waals surface area contributed by atoms with Crippen LogP contribution < -0.4 is 0 Å². The van der Waals surface area contributed by atoms with Gasteiger partial charge in [0.25, 0.3) is 0 Å². The molecule has 28 heavy (non-hydrogen) atoms. The first kappa shape index (κ1) is 21.8. The SMILES string of the molecule is CC(C)(C)[C@](O)(C#CC#C[C@](O)(c1ccccc1)C(C)(C)C)c1ccccc1. The summed E-state index contributed by atoms with van der Waals surface area (Å²) in [6.45, 7) is 11.7. The minimum atomic E-state index is -1.35. The Balaban J connectivity index is 2.50. The first-order valence-electron chi connectivity index (χ1n) is 9.52. The molecule has 0 heterocycles. The van der Waals surface area contributed by atoms with Gasteiger partial charge in [0, 0.05) is 10.8 Å². The third-order valence-electron chi connectivity index (χ3n) is 5.10. The van der Waals surface area contributed by atoms with Crippen molar-refractivity contribution in [1.82, 2.24) is 0 Å². The van der Waals surface area contributed by atoms with E-state index in [9.17, 15) is 10.2 Å². The van der Waals surface area contributed by atoms with E-state index in [0.29, 0.717) is 0 Å². The molecule has 0 radical (unpaired) electrons. The zero-order chi connectivity index (χ0) is 21.1. The van der Waals surface area contributed by atoms with Crippen LogP contribution in [0.4, 0.5) is 0 Å². The lowest BCUT2D eigenvalue weighted by Gasteiger charge is -2.36. The lowest BCUT2D eigenvalue weighted by Crippen LogP contribution is -2.39. The van der Waals surface area contributed by atoms with Crippen molar-refractivity contribution >= 4 is 0 Å². The second-order valence-electron chi connectivity index (χ2n) is 9.15. The summed E-state index contributed by atoms with van der Waals surface area (Å²) in [5, 5.41) is 22.6. The molecule has 0 fully saturated rings. The maximum atomic E-state index is 11.3. The predicted octanol–water partition coefficient (Wildman–Crippen LogP) is 4.86. The lowest BCUT2D eigenvalue weighted by atomic mass is 9.72. The van der Waals surface area contributed by atoms with Crippen molar-refractivity contribution < 1.29 is 10.2 Å². The Kier molecular flexibility index (Phi) is 6.10. The van der Waals surface area contributed by atoms with Crippen molar-refractivity contribution in [3.63, 3.8) is 0 Å². The zero-order valence-electron chi connectivity index (χ0n) is 17.7. The van der Waals surface area contributed by atoms with Crippen LogP contribution in [0.15, 0.2) is 60.7 Å². The molecule has 146 valence electrons. The van der Waals surface area contributed by atoms with Crippen molar-refractivity contribution in [1.29, 1.82) is 0 Å². The molecule has 0 aliphatic carbocycles. The molecule has 0 unspecified atom stereocenters. The van der Waals surface area contributed by atoms with Gasteiger partial charge in [0.1, 0.15) is 0 Å². The molecule has 0 saturated carbocycles. The molecular formula is C26H30O2. The van der Waals surface area contributed by atoms with Crippen LogP contribution in [0.5, 0.6) is 0 Å². The highest BCUT2D eigenvalue weighted by molar-refractivity contribution is 5.42. The third-order valence-corrected chi connectivity index (χ3v) is 5.10. The van der Waals surface area contributed by atoms with Crippen molar-refractivity contribution in [2.75, 3.05) is 0 Å². The van der Waals surface area contributed by atoms with Crippen LogP contribution in [0, 0.1) is 34.5 Å². The standard InChI is InChI=1S/C26H30O2/c1-23(2,3)25(27,21-15-9-7-10-16-21)19-13-14-20-26(28,24(4,5)6)22-17-11-8-12-18-22/h7-12,15-18,27-28H,1-6H3/t25-,26-/m0/s1. The van der Waals surface area contributed by atoms with Gasteiger partial charge in [-0.3, -0.25) is 0 Å². The highest BCUT2D eigenvalue weighted by atomic mass is 16.3. The van der Waals surface area contributed by atoms with Crippen molar-refractivity contribution in [3.8, 4) is 23.7 Å². The van der Waals surface area contributed by atoms with Crippen LogP contribution in [0.2, 0.25) is 0 Å². The summed E-state index contributed by atoms with van der Waals surface area (Å²) in [5.41, 5.74) is -2.27. The van der Waals surface area contributed by atoms with Gasteiger partial charge >= 0.3 is 0 Å². The van der Waals surface area contributed by atoms with Gasteiger partial charge in [-0.2, -0.15) is 0 Å².